The Morgan fingerprint density at radius 2 is 1.75 bits per heavy atom. The van der Waals surface area contributed by atoms with E-state index in [-0.39, 0.29) is 23.0 Å². The number of benzene rings is 3. The predicted molar refractivity (Wildman–Crippen MR) is 192 cm³/mol. The highest BCUT2D eigenvalue weighted by Crippen LogP contribution is 2.40. The van der Waals surface area contributed by atoms with E-state index in [1.165, 1.54) is 48.0 Å². The number of nitro groups is 1. The minimum absolute atomic E-state index is 0.0203. The number of carbonyl (C=O) groups is 2. The van der Waals surface area contributed by atoms with Crippen LogP contribution in [-0.4, -0.2) is 82.6 Å². The number of nitrogens with zero attached hydrogens (tertiary/aromatic N) is 6. The molecule has 14 heteroatoms. The van der Waals surface area contributed by atoms with Crippen LogP contribution in [-0.2, 0) is 20.7 Å². The average molecular weight is 713 g/mol. The number of rotatable bonds is 11. The normalized spacial score (nSPS) is 17.3. The van der Waals surface area contributed by atoms with Crippen molar-refractivity contribution in [1.82, 2.24) is 14.9 Å². The summed E-state index contributed by atoms with van der Waals surface area (Å²) < 4.78 is 10.4. The Balaban J connectivity index is 1.36. The molecule has 0 saturated carbocycles. The van der Waals surface area contributed by atoms with Crippen LogP contribution in [0.2, 0.25) is 0 Å². The number of methoxy groups -OCH3 is 2. The Labute approximate surface area is 300 Å². The molecule has 3 aromatic carbocycles. The largest absolute Gasteiger partial charge is 0.497 e. The predicted octanol–water partition coefficient (Wildman–Crippen LogP) is 6.46. The van der Waals surface area contributed by atoms with E-state index in [0.717, 1.165) is 11.1 Å². The zero-order valence-corrected chi connectivity index (χ0v) is 29.5. The highest BCUT2D eigenvalue weighted by molar-refractivity contribution is 8.13. The maximum absolute atomic E-state index is 14.2. The maximum Gasteiger partial charge on any atom is 0.350 e. The van der Waals surface area contributed by atoms with Gasteiger partial charge in [0.25, 0.3) is 5.69 Å². The lowest BCUT2D eigenvalue weighted by atomic mass is 9.74. The number of esters is 1. The summed E-state index contributed by atoms with van der Waals surface area (Å²) >= 11 is 1.24. The Kier molecular flexibility index (Phi) is 12.1. The summed E-state index contributed by atoms with van der Waals surface area (Å²) in [7, 11) is 2.80. The van der Waals surface area contributed by atoms with E-state index in [1.54, 1.807) is 14.0 Å². The molecule has 2 aliphatic rings. The zero-order valence-electron chi connectivity index (χ0n) is 28.7. The lowest BCUT2D eigenvalue weighted by Crippen LogP contribution is -2.49. The summed E-state index contributed by atoms with van der Waals surface area (Å²) in [4.78, 5) is 46.5. The van der Waals surface area contributed by atoms with E-state index in [4.69, 9.17) is 9.47 Å². The molecule has 266 valence electrons. The third kappa shape index (κ3) is 8.39. The standard InChI is InChI=1S/C37H40N6O7S/c1-26-32(34(44)50-3)33(28-12-14-30(15-13-28)43(47)48)42(35(39-26)51-24-27-10-16-31(49-2)17-11-27)36(45)41(46)21-7-20-40-22-18-37(25-38,19-23-40)29-8-5-4-6-9-29/h4-6,8-17,33,46H,7,18-24H2,1-3H3. The molecule has 51 heavy (non-hydrogen) atoms. The Bertz CT molecular complexity index is 1820. The van der Waals surface area contributed by atoms with E-state index in [1.807, 2.05) is 54.6 Å². The fourth-order valence-electron chi connectivity index (χ4n) is 6.37. The first-order valence-corrected chi connectivity index (χ1v) is 17.5. The second kappa shape index (κ2) is 16.7. The number of hydroxylamine groups is 2. The van der Waals surface area contributed by atoms with Crippen LogP contribution in [0, 0.1) is 21.4 Å². The van der Waals surface area contributed by atoms with Gasteiger partial charge in [-0.15, -0.1) is 0 Å². The van der Waals surface area contributed by atoms with Crippen molar-refractivity contribution in [2.24, 2.45) is 4.99 Å². The molecule has 3 aromatic rings. The van der Waals surface area contributed by atoms with Crippen molar-refractivity contribution in [2.75, 3.05) is 40.4 Å². The van der Waals surface area contributed by atoms with Gasteiger partial charge in [-0.1, -0.05) is 54.2 Å². The minimum Gasteiger partial charge on any atom is -0.497 e. The topological polar surface area (TPSA) is 162 Å². The van der Waals surface area contributed by atoms with Crippen LogP contribution in [0.3, 0.4) is 0 Å². The summed E-state index contributed by atoms with van der Waals surface area (Å²) in [6.07, 6.45) is 1.79. The molecule has 1 N–H and O–H groups in total. The molecule has 1 atom stereocenters. The molecule has 0 aromatic heterocycles. The van der Waals surface area contributed by atoms with Gasteiger partial charge in [-0.3, -0.25) is 20.2 Å². The number of nitro benzene ring substituents is 1. The van der Waals surface area contributed by atoms with Crippen molar-refractivity contribution in [3.63, 3.8) is 0 Å². The number of thioether (sulfide) groups is 1. The summed E-state index contributed by atoms with van der Waals surface area (Å²) in [5.41, 5.74) is 2.00. The van der Waals surface area contributed by atoms with E-state index >= 15 is 0 Å². The molecule has 2 amide bonds. The minimum atomic E-state index is -1.10. The Morgan fingerprint density at radius 3 is 2.33 bits per heavy atom. The van der Waals surface area contributed by atoms with Crippen molar-refractivity contribution < 1.29 is 29.2 Å². The molecule has 1 fully saturated rings. The van der Waals surface area contributed by atoms with Crippen LogP contribution in [0.1, 0.15) is 48.9 Å². The monoisotopic (exact) mass is 712 g/mol. The first-order chi connectivity index (χ1) is 24.6. The fraction of sp³-hybridized carbons (Fsp3) is 0.351. The van der Waals surface area contributed by atoms with E-state index in [2.05, 4.69) is 16.0 Å². The number of hydrogen-bond acceptors (Lipinski definition) is 11. The number of hydrogen-bond donors (Lipinski definition) is 1. The molecule has 0 aliphatic carbocycles. The van der Waals surface area contributed by atoms with Crippen molar-refractivity contribution >= 4 is 34.6 Å². The first-order valence-electron chi connectivity index (χ1n) is 16.5. The molecule has 0 spiro atoms. The Hall–Kier alpha value is -5.23. The molecule has 2 heterocycles. The lowest BCUT2D eigenvalue weighted by Gasteiger charge is -2.38. The molecule has 1 unspecified atom stereocenters. The van der Waals surface area contributed by atoms with Crippen molar-refractivity contribution in [2.45, 2.75) is 43.4 Å². The van der Waals surface area contributed by atoms with Crippen molar-refractivity contribution in [3.8, 4) is 11.8 Å². The van der Waals surface area contributed by atoms with Crippen molar-refractivity contribution in [1.29, 1.82) is 5.26 Å². The van der Waals surface area contributed by atoms with Gasteiger partial charge in [0, 0.05) is 17.9 Å². The summed E-state index contributed by atoms with van der Waals surface area (Å²) in [5, 5.41) is 33.6. The van der Waals surface area contributed by atoms with Crippen LogP contribution in [0.15, 0.2) is 95.1 Å². The van der Waals surface area contributed by atoms with E-state index in [9.17, 15) is 30.2 Å². The summed E-state index contributed by atoms with van der Waals surface area (Å²) in [6, 6.07) is 23.4. The number of allylic oxidation sites excluding steroid dienone is 1. The smallest absolute Gasteiger partial charge is 0.350 e. The van der Waals surface area contributed by atoms with Crippen LogP contribution in [0.5, 0.6) is 5.75 Å². The van der Waals surface area contributed by atoms with Gasteiger partial charge in [-0.2, -0.15) is 5.26 Å². The number of amides is 2. The van der Waals surface area contributed by atoms with Gasteiger partial charge in [0.05, 0.1) is 54.5 Å². The third-order valence-corrected chi connectivity index (χ3v) is 10.3. The molecule has 13 nitrogen and oxygen atoms in total. The highest BCUT2D eigenvalue weighted by atomic mass is 32.2. The molecular formula is C37H40N6O7S. The van der Waals surface area contributed by atoms with Gasteiger partial charge in [0.1, 0.15) is 5.75 Å². The highest BCUT2D eigenvalue weighted by Gasteiger charge is 2.42. The van der Waals surface area contributed by atoms with Crippen LogP contribution in [0.4, 0.5) is 10.5 Å². The number of piperidine rings is 1. The average Bonchev–Trinajstić information content (AvgIpc) is 3.17. The van der Waals surface area contributed by atoms with Gasteiger partial charge in [0.15, 0.2) is 5.17 Å². The SMILES string of the molecule is COC(=O)C1=C(C)N=C(SCc2ccc(OC)cc2)N(C(=O)N(O)CCCN2CCC(C#N)(c3ccccc3)CC2)C1c1ccc([N+](=O)[O-])cc1. The summed E-state index contributed by atoms with van der Waals surface area (Å²) in [6.45, 7) is 3.59. The number of urea groups is 1. The van der Waals surface area contributed by atoms with Gasteiger partial charge < -0.3 is 14.4 Å². The number of nitriles is 1. The molecule has 2 aliphatic heterocycles. The van der Waals surface area contributed by atoms with E-state index < -0.39 is 28.4 Å². The molecule has 0 radical (unpaired) electrons. The zero-order chi connectivity index (χ0) is 36.5. The van der Waals surface area contributed by atoms with Gasteiger partial charge in [-0.05, 0) is 86.8 Å². The molecular weight excluding hydrogens is 673 g/mol. The second-order valence-corrected chi connectivity index (χ2v) is 13.2. The van der Waals surface area contributed by atoms with Gasteiger partial charge in [-0.25, -0.2) is 19.6 Å². The lowest BCUT2D eigenvalue weighted by molar-refractivity contribution is -0.384. The molecule has 1 saturated heterocycles. The van der Waals surface area contributed by atoms with Crippen molar-refractivity contribution in [3.05, 3.63) is 117 Å². The van der Waals surface area contributed by atoms with Gasteiger partial charge in [0.2, 0.25) is 0 Å². The van der Waals surface area contributed by atoms with Crippen LogP contribution >= 0.6 is 11.8 Å². The van der Waals surface area contributed by atoms with Gasteiger partial charge >= 0.3 is 12.0 Å². The number of ether oxygens (including phenoxy) is 2. The third-order valence-electron chi connectivity index (χ3n) is 9.26. The maximum atomic E-state index is 14.2. The Morgan fingerprint density at radius 1 is 1.08 bits per heavy atom. The fourth-order valence-corrected chi connectivity index (χ4v) is 7.38. The number of amidine groups is 1. The number of aliphatic imine (C=N–C) groups is 1. The molecule has 5 rings (SSSR count). The quantitative estimate of drug-likeness (QED) is 0.101. The summed E-state index contributed by atoms with van der Waals surface area (Å²) in [5.74, 6) is 0.361. The van der Waals surface area contributed by atoms with Crippen LogP contribution < -0.4 is 4.74 Å². The number of carbonyl (C=O) groups excluding carboxylic acids is 2. The van der Waals surface area contributed by atoms with Crippen LogP contribution in [0.25, 0.3) is 0 Å². The number of likely N-dealkylation sites (tertiary alicyclic amines) is 1. The van der Waals surface area contributed by atoms with E-state index in [0.29, 0.717) is 66.7 Å². The molecule has 0 bridgehead atoms. The number of non-ortho nitro benzene ring substituents is 1. The first kappa shape index (κ1) is 37.0. The second-order valence-electron chi connectivity index (χ2n) is 12.3.